The van der Waals surface area contributed by atoms with Crippen LogP contribution in [0.3, 0.4) is 0 Å². The second-order valence-electron chi connectivity index (χ2n) is 8.40. The lowest BCUT2D eigenvalue weighted by Crippen LogP contribution is -2.37. The monoisotopic (exact) mass is 453 g/mol. The molecule has 1 atom stereocenters. The zero-order chi connectivity index (χ0) is 23.4. The molecule has 176 valence electrons. The lowest BCUT2D eigenvalue weighted by Gasteiger charge is -2.16. The van der Waals surface area contributed by atoms with Crippen molar-refractivity contribution in [1.29, 1.82) is 0 Å². The number of methoxy groups -OCH3 is 1. The van der Waals surface area contributed by atoms with Crippen LogP contribution >= 0.6 is 0 Å². The standard InChI is InChI=1S/C23H31N7O3/c1-15-11-16(2)30(28-15)21-12-20(26-23(27-21)19-6-5-17(3)33-19)25-22(31)14-29-9-7-18(13-29)24-8-10-32-4/h5-6,11-12,18,24H,7-10,13-14H2,1-4H3,(H,25,26,27,31). The van der Waals surface area contributed by atoms with Crippen LogP contribution in [0.4, 0.5) is 5.82 Å². The maximum absolute atomic E-state index is 12.8. The molecule has 1 unspecified atom stereocenters. The molecule has 0 aliphatic carbocycles. The number of hydrogen-bond donors (Lipinski definition) is 2. The van der Waals surface area contributed by atoms with Crippen molar-refractivity contribution in [2.24, 2.45) is 0 Å². The molecule has 1 aliphatic rings. The minimum atomic E-state index is -0.118. The largest absolute Gasteiger partial charge is 0.458 e. The van der Waals surface area contributed by atoms with E-state index in [1.54, 1.807) is 17.9 Å². The van der Waals surface area contributed by atoms with Crippen molar-refractivity contribution in [3.8, 4) is 17.4 Å². The van der Waals surface area contributed by atoms with E-state index in [1.165, 1.54) is 0 Å². The molecule has 3 aromatic rings. The number of amides is 1. The number of nitrogens with one attached hydrogen (secondary N) is 2. The molecule has 10 nitrogen and oxygen atoms in total. The summed E-state index contributed by atoms with van der Waals surface area (Å²) in [5, 5.41) is 10.9. The average molecular weight is 454 g/mol. The van der Waals surface area contributed by atoms with Gasteiger partial charge in [-0.05, 0) is 45.4 Å². The first-order chi connectivity index (χ1) is 15.9. The summed E-state index contributed by atoms with van der Waals surface area (Å²) in [6, 6.07) is 7.76. The molecule has 3 aromatic heterocycles. The zero-order valence-corrected chi connectivity index (χ0v) is 19.6. The fraction of sp³-hybridized carbons (Fsp3) is 0.478. The van der Waals surface area contributed by atoms with Crippen molar-refractivity contribution < 1.29 is 13.9 Å². The van der Waals surface area contributed by atoms with Gasteiger partial charge in [-0.1, -0.05) is 0 Å². The summed E-state index contributed by atoms with van der Waals surface area (Å²) in [5.74, 6) is 2.56. The van der Waals surface area contributed by atoms with E-state index in [4.69, 9.17) is 9.15 Å². The molecule has 0 bridgehead atoms. The van der Waals surface area contributed by atoms with Gasteiger partial charge < -0.3 is 19.8 Å². The maximum Gasteiger partial charge on any atom is 0.239 e. The molecule has 4 heterocycles. The van der Waals surface area contributed by atoms with Crippen LogP contribution in [-0.4, -0.2) is 76.5 Å². The summed E-state index contributed by atoms with van der Waals surface area (Å²) in [5.41, 5.74) is 1.82. The van der Waals surface area contributed by atoms with Gasteiger partial charge >= 0.3 is 0 Å². The number of aromatic nitrogens is 4. The number of carbonyl (C=O) groups excluding carboxylic acids is 1. The van der Waals surface area contributed by atoms with Crippen molar-refractivity contribution in [2.75, 3.05) is 45.2 Å². The Kier molecular flexibility index (Phi) is 7.17. The van der Waals surface area contributed by atoms with Crippen molar-refractivity contribution in [3.63, 3.8) is 0 Å². The Morgan fingerprint density at radius 1 is 1.24 bits per heavy atom. The quantitative estimate of drug-likeness (QED) is 0.474. The number of anilines is 1. The van der Waals surface area contributed by atoms with E-state index in [9.17, 15) is 4.79 Å². The summed E-state index contributed by atoms with van der Waals surface area (Å²) in [6.45, 7) is 9.25. The van der Waals surface area contributed by atoms with E-state index in [2.05, 4.69) is 30.6 Å². The van der Waals surface area contributed by atoms with E-state index >= 15 is 0 Å². The van der Waals surface area contributed by atoms with Crippen LogP contribution in [0.2, 0.25) is 0 Å². The zero-order valence-electron chi connectivity index (χ0n) is 19.6. The van der Waals surface area contributed by atoms with Gasteiger partial charge in [-0.2, -0.15) is 5.10 Å². The summed E-state index contributed by atoms with van der Waals surface area (Å²) >= 11 is 0. The molecule has 33 heavy (non-hydrogen) atoms. The highest BCUT2D eigenvalue weighted by Crippen LogP contribution is 2.23. The number of nitrogens with zero attached hydrogens (tertiary/aromatic N) is 5. The Balaban J connectivity index is 1.49. The average Bonchev–Trinajstić information content (AvgIpc) is 3.48. The molecule has 1 amide bonds. The number of furan rings is 1. The molecular formula is C23H31N7O3. The number of likely N-dealkylation sites (tertiary alicyclic amines) is 1. The number of ether oxygens (including phenoxy) is 1. The van der Waals surface area contributed by atoms with Gasteiger partial charge in [-0.15, -0.1) is 0 Å². The minimum Gasteiger partial charge on any atom is -0.458 e. The maximum atomic E-state index is 12.8. The highest BCUT2D eigenvalue weighted by molar-refractivity contribution is 5.91. The van der Waals surface area contributed by atoms with E-state index < -0.39 is 0 Å². The molecular weight excluding hydrogens is 422 g/mol. The second-order valence-corrected chi connectivity index (χ2v) is 8.40. The van der Waals surface area contributed by atoms with Gasteiger partial charge in [0, 0.05) is 44.5 Å². The van der Waals surface area contributed by atoms with Crippen LogP contribution in [-0.2, 0) is 9.53 Å². The topological polar surface area (TPSA) is 110 Å². The van der Waals surface area contributed by atoms with Crippen molar-refractivity contribution in [1.82, 2.24) is 30.0 Å². The van der Waals surface area contributed by atoms with E-state index in [0.29, 0.717) is 42.4 Å². The third-order valence-electron chi connectivity index (χ3n) is 5.55. The van der Waals surface area contributed by atoms with Crippen LogP contribution in [0.1, 0.15) is 23.6 Å². The van der Waals surface area contributed by atoms with Crippen LogP contribution in [0.5, 0.6) is 0 Å². The number of aryl methyl sites for hydroxylation is 3. The van der Waals surface area contributed by atoms with Crippen molar-refractivity contribution in [2.45, 2.75) is 33.2 Å². The third-order valence-corrected chi connectivity index (χ3v) is 5.55. The Hall–Kier alpha value is -3.08. The van der Waals surface area contributed by atoms with Gasteiger partial charge in [0.05, 0.1) is 18.8 Å². The summed E-state index contributed by atoms with van der Waals surface area (Å²) in [6.07, 6.45) is 1.01. The van der Waals surface area contributed by atoms with E-state index in [-0.39, 0.29) is 5.91 Å². The normalized spacial score (nSPS) is 16.4. The highest BCUT2D eigenvalue weighted by atomic mass is 16.5. The van der Waals surface area contributed by atoms with Crippen LogP contribution < -0.4 is 10.6 Å². The summed E-state index contributed by atoms with van der Waals surface area (Å²) in [4.78, 5) is 24.1. The van der Waals surface area contributed by atoms with Crippen LogP contribution in [0.25, 0.3) is 17.4 Å². The molecule has 2 N–H and O–H groups in total. The molecule has 10 heteroatoms. The van der Waals surface area contributed by atoms with Gasteiger partial charge in [-0.25, -0.2) is 14.6 Å². The second kappa shape index (κ2) is 10.2. The molecule has 0 radical (unpaired) electrons. The fourth-order valence-corrected chi connectivity index (χ4v) is 4.03. The molecule has 0 spiro atoms. The Morgan fingerprint density at radius 3 is 2.79 bits per heavy atom. The predicted octanol–water partition coefficient (Wildman–Crippen LogP) is 2.10. The van der Waals surface area contributed by atoms with Crippen LogP contribution in [0.15, 0.2) is 28.7 Å². The number of carbonyl (C=O) groups is 1. The first kappa shape index (κ1) is 23.1. The van der Waals surface area contributed by atoms with Gasteiger partial charge in [0.2, 0.25) is 5.91 Å². The Morgan fingerprint density at radius 2 is 2.09 bits per heavy atom. The lowest BCUT2D eigenvalue weighted by atomic mass is 10.3. The minimum absolute atomic E-state index is 0.118. The SMILES string of the molecule is COCCNC1CCN(CC(=O)Nc2cc(-n3nc(C)cc3C)nc(-c3ccc(C)o3)n2)C1. The van der Waals surface area contributed by atoms with E-state index in [0.717, 1.165) is 43.2 Å². The van der Waals surface area contributed by atoms with Gasteiger partial charge in [0.1, 0.15) is 11.6 Å². The molecule has 0 saturated carbocycles. The Labute approximate surface area is 193 Å². The highest BCUT2D eigenvalue weighted by Gasteiger charge is 2.24. The van der Waals surface area contributed by atoms with Crippen molar-refractivity contribution >= 4 is 11.7 Å². The summed E-state index contributed by atoms with van der Waals surface area (Å²) < 4.78 is 12.6. The number of rotatable bonds is 9. The first-order valence-electron chi connectivity index (χ1n) is 11.2. The van der Waals surface area contributed by atoms with Gasteiger partial charge in [0.15, 0.2) is 17.4 Å². The Bertz CT molecular complexity index is 1110. The molecule has 1 aliphatic heterocycles. The molecule has 1 fully saturated rings. The van der Waals surface area contributed by atoms with Gasteiger partial charge in [-0.3, -0.25) is 9.69 Å². The molecule has 0 aromatic carbocycles. The third kappa shape index (κ3) is 5.84. The molecule has 4 rings (SSSR count). The lowest BCUT2D eigenvalue weighted by molar-refractivity contribution is -0.117. The van der Waals surface area contributed by atoms with Crippen LogP contribution in [0, 0.1) is 20.8 Å². The van der Waals surface area contributed by atoms with E-state index in [1.807, 2.05) is 39.0 Å². The number of hydrogen-bond acceptors (Lipinski definition) is 8. The predicted molar refractivity (Wildman–Crippen MR) is 124 cm³/mol. The fourth-order valence-electron chi connectivity index (χ4n) is 4.03. The smallest absolute Gasteiger partial charge is 0.239 e. The van der Waals surface area contributed by atoms with Gasteiger partial charge in [0.25, 0.3) is 0 Å². The molecule has 1 saturated heterocycles. The van der Waals surface area contributed by atoms with Crippen molar-refractivity contribution in [3.05, 3.63) is 41.4 Å². The summed E-state index contributed by atoms with van der Waals surface area (Å²) in [7, 11) is 1.69. The first-order valence-corrected chi connectivity index (χ1v) is 11.2.